The fraction of sp³-hybridized carbons (Fsp3) is 0.615. The molecule has 4 aliphatic rings. The standard InChI is InChI=1S/C26H36N6O5/c27-17-6-11-31(12-7-17)13-15-37-14-10-28-26(8-9-26)25(36)29-20-3-1-2-18-19(20)16-32(24(18)35)21-4-5-22(33)30-23(21)34/h1-3,17,21,28H,4-16,27H2,(H,29,36)(H,30,33,34). The lowest BCUT2D eigenvalue weighted by Crippen LogP contribution is -2.52. The molecule has 1 aromatic carbocycles. The van der Waals surface area contributed by atoms with Crippen LogP contribution in [0.25, 0.3) is 0 Å². The predicted octanol–water partition coefficient (Wildman–Crippen LogP) is -0.0520. The van der Waals surface area contributed by atoms with Crippen molar-refractivity contribution in [1.29, 1.82) is 0 Å². The maximum Gasteiger partial charge on any atom is 0.255 e. The third kappa shape index (κ3) is 5.69. The van der Waals surface area contributed by atoms with E-state index in [0.717, 1.165) is 45.3 Å². The molecule has 0 spiro atoms. The number of hydrogen-bond donors (Lipinski definition) is 4. The van der Waals surface area contributed by atoms with Gasteiger partial charge in [0.25, 0.3) is 5.91 Å². The first-order valence-electron chi connectivity index (χ1n) is 13.2. The Morgan fingerprint density at radius 2 is 1.92 bits per heavy atom. The molecule has 3 heterocycles. The first-order chi connectivity index (χ1) is 17.9. The van der Waals surface area contributed by atoms with Gasteiger partial charge in [0.2, 0.25) is 17.7 Å². The Morgan fingerprint density at radius 3 is 2.65 bits per heavy atom. The number of fused-ring (bicyclic) bond motifs is 1. The summed E-state index contributed by atoms with van der Waals surface area (Å²) in [5.74, 6) is -1.16. The zero-order valence-corrected chi connectivity index (χ0v) is 21.1. The summed E-state index contributed by atoms with van der Waals surface area (Å²) in [6.07, 6.45) is 4.05. The molecule has 0 bridgehead atoms. The minimum Gasteiger partial charge on any atom is -0.379 e. The fourth-order valence-electron chi connectivity index (χ4n) is 5.39. The third-order valence-electron chi connectivity index (χ3n) is 7.91. The van der Waals surface area contributed by atoms with Crippen LogP contribution in [0.5, 0.6) is 0 Å². The van der Waals surface area contributed by atoms with Crippen molar-refractivity contribution in [3.63, 3.8) is 0 Å². The molecule has 5 rings (SSSR count). The van der Waals surface area contributed by atoms with Crippen molar-refractivity contribution in [2.45, 2.75) is 62.7 Å². The summed E-state index contributed by atoms with van der Waals surface area (Å²) < 4.78 is 5.78. The van der Waals surface area contributed by atoms with E-state index >= 15 is 0 Å². The minimum absolute atomic E-state index is 0.127. The normalized spacial score (nSPS) is 23.6. The summed E-state index contributed by atoms with van der Waals surface area (Å²) in [5.41, 5.74) is 7.08. The lowest BCUT2D eigenvalue weighted by Gasteiger charge is -2.29. The first-order valence-corrected chi connectivity index (χ1v) is 13.2. The Morgan fingerprint density at radius 1 is 1.14 bits per heavy atom. The van der Waals surface area contributed by atoms with Gasteiger partial charge < -0.3 is 30.9 Å². The Hall–Kier alpha value is -2.86. The molecule has 37 heavy (non-hydrogen) atoms. The molecule has 2 saturated heterocycles. The van der Waals surface area contributed by atoms with E-state index in [2.05, 4.69) is 20.9 Å². The number of carbonyl (C=O) groups is 4. The van der Waals surface area contributed by atoms with Gasteiger partial charge in [-0.05, 0) is 57.3 Å². The van der Waals surface area contributed by atoms with E-state index in [1.54, 1.807) is 18.2 Å². The zero-order valence-electron chi connectivity index (χ0n) is 21.1. The highest BCUT2D eigenvalue weighted by atomic mass is 16.5. The van der Waals surface area contributed by atoms with Crippen molar-refractivity contribution >= 4 is 29.3 Å². The molecule has 0 radical (unpaired) electrons. The molecule has 1 atom stereocenters. The number of nitrogens with one attached hydrogen (secondary N) is 3. The number of nitrogens with two attached hydrogens (primary N) is 1. The number of imide groups is 1. The highest BCUT2D eigenvalue weighted by molar-refractivity contribution is 6.07. The van der Waals surface area contributed by atoms with Gasteiger partial charge in [-0.15, -0.1) is 0 Å². The SMILES string of the molecule is NC1CCN(CCOCCNC2(C(=O)Nc3cccc4c3CN(C3CCC(=O)NC3=O)C4=O)CC2)CC1. The summed E-state index contributed by atoms with van der Waals surface area (Å²) in [5, 5.41) is 8.68. The molecule has 0 aromatic heterocycles. The summed E-state index contributed by atoms with van der Waals surface area (Å²) >= 11 is 0. The van der Waals surface area contributed by atoms with Crippen molar-refractivity contribution in [3.05, 3.63) is 29.3 Å². The molecule has 5 N–H and O–H groups in total. The maximum absolute atomic E-state index is 13.2. The quantitative estimate of drug-likeness (QED) is 0.252. The van der Waals surface area contributed by atoms with Gasteiger partial charge in [-0.25, -0.2) is 0 Å². The van der Waals surface area contributed by atoms with Crippen LogP contribution in [-0.2, 0) is 25.7 Å². The molecule has 3 aliphatic heterocycles. The number of amides is 4. The molecule has 1 saturated carbocycles. The Kier molecular flexibility index (Phi) is 7.57. The van der Waals surface area contributed by atoms with Gasteiger partial charge in [0.1, 0.15) is 6.04 Å². The summed E-state index contributed by atoms with van der Waals surface area (Å²) in [6.45, 7) is 4.91. The minimum atomic E-state index is -0.690. The molecule has 4 amide bonds. The van der Waals surface area contributed by atoms with E-state index in [1.165, 1.54) is 4.90 Å². The molecule has 200 valence electrons. The van der Waals surface area contributed by atoms with E-state index in [-0.39, 0.29) is 30.7 Å². The van der Waals surface area contributed by atoms with Crippen LogP contribution in [0.4, 0.5) is 5.69 Å². The van der Waals surface area contributed by atoms with Crippen molar-refractivity contribution in [3.8, 4) is 0 Å². The van der Waals surface area contributed by atoms with Crippen LogP contribution in [0, 0.1) is 0 Å². The highest BCUT2D eigenvalue weighted by Gasteiger charge is 2.50. The number of piperidine rings is 2. The molecular weight excluding hydrogens is 476 g/mol. The van der Waals surface area contributed by atoms with Gasteiger partial charge in [0, 0.05) is 48.9 Å². The van der Waals surface area contributed by atoms with Gasteiger partial charge >= 0.3 is 0 Å². The summed E-state index contributed by atoms with van der Waals surface area (Å²) in [4.78, 5) is 53.9. The topological polar surface area (TPSA) is 146 Å². The number of benzene rings is 1. The molecule has 3 fully saturated rings. The number of likely N-dealkylation sites (tertiary alicyclic amines) is 1. The number of nitrogens with zero attached hydrogens (tertiary/aromatic N) is 2. The number of ether oxygens (including phenoxy) is 1. The average Bonchev–Trinajstić information content (AvgIpc) is 3.60. The number of carbonyl (C=O) groups excluding carboxylic acids is 4. The molecule has 1 unspecified atom stereocenters. The second kappa shape index (κ2) is 10.9. The average molecular weight is 513 g/mol. The predicted molar refractivity (Wildman–Crippen MR) is 136 cm³/mol. The van der Waals surface area contributed by atoms with E-state index in [4.69, 9.17) is 10.5 Å². The molecule has 1 aromatic rings. The monoisotopic (exact) mass is 512 g/mol. The van der Waals surface area contributed by atoms with Crippen LogP contribution >= 0.6 is 0 Å². The van der Waals surface area contributed by atoms with E-state index < -0.39 is 17.5 Å². The van der Waals surface area contributed by atoms with Crippen LogP contribution in [-0.4, -0.2) is 90.4 Å². The lowest BCUT2D eigenvalue weighted by atomic mass is 10.0. The number of rotatable bonds is 10. The van der Waals surface area contributed by atoms with E-state index in [0.29, 0.717) is 49.0 Å². The maximum atomic E-state index is 13.2. The molecular formula is C26H36N6O5. The Balaban J connectivity index is 1.10. The van der Waals surface area contributed by atoms with Gasteiger partial charge in [-0.3, -0.25) is 24.5 Å². The van der Waals surface area contributed by atoms with Crippen molar-refractivity contribution in [1.82, 2.24) is 20.4 Å². The van der Waals surface area contributed by atoms with Crippen molar-refractivity contribution in [2.24, 2.45) is 5.73 Å². The van der Waals surface area contributed by atoms with Gasteiger partial charge in [-0.2, -0.15) is 0 Å². The summed E-state index contributed by atoms with van der Waals surface area (Å²) in [7, 11) is 0. The van der Waals surface area contributed by atoms with Gasteiger partial charge in [0.15, 0.2) is 0 Å². The second-order valence-corrected chi connectivity index (χ2v) is 10.5. The van der Waals surface area contributed by atoms with Gasteiger partial charge in [-0.1, -0.05) is 6.07 Å². The number of hydrogen-bond acceptors (Lipinski definition) is 8. The van der Waals surface area contributed by atoms with Crippen LogP contribution in [0.2, 0.25) is 0 Å². The third-order valence-corrected chi connectivity index (χ3v) is 7.91. The second-order valence-electron chi connectivity index (χ2n) is 10.5. The number of anilines is 1. The molecule has 11 nitrogen and oxygen atoms in total. The van der Waals surface area contributed by atoms with Crippen LogP contribution in [0.15, 0.2) is 18.2 Å². The smallest absolute Gasteiger partial charge is 0.255 e. The Bertz CT molecular complexity index is 1070. The molecule has 11 heteroatoms. The summed E-state index contributed by atoms with van der Waals surface area (Å²) in [6, 6.07) is 4.86. The van der Waals surface area contributed by atoms with Crippen molar-refractivity contribution < 1.29 is 23.9 Å². The van der Waals surface area contributed by atoms with Crippen LogP contribution in [0.1, 0.15) is 54.4 Å². The Labute approximate surface area is 216 Å². The zero-order chi connectivity index (χ0) is 26.0. The lowest BCUT2D eigenvalue weighted by molar-refractivity contribution is -0.137. The van der Waals surface area contributed by atoms with E-state index in [9.17, 15) is 19.2 Å². The first kappa shape index (κ1) is 25.8. The molecule has 1 aliphatic carbocycles. The van der Waals surface area contributed by atoms with Crippen molar-refractivity contribution in [2.75, 3.05) is 44.7 Å². The van der Waals surface area contributed by atoms with Gasteiger partial charge in [0.05, 0.1) is 18.8 Å². The largest absolute Gasteiger partial charge is 0.379 e. The fourth-order valence-corrected chi connectivity index (χ4v) is 5.39. The van der Waals surface area contributed by atoms with Crippen LogP contribution < -0.4 is 21.7 Å². The van der Waals surface area contributed by atoms with Crippen LogP contribution in [0.3, 0.4) is 0 Å². The van der Waals surface area contributed by atoms with E-state index in [1.807, 2.05) is 0 Å². The highest BCUT2D eigenvalue weighted by Crippen LogP contribution is 2.38.